The number of rotatable bonds is 3. The van der Waals surface area contributed by atoms with Gasteiger partial charge in [0, 0.05) is 17.5 Å². The Morgan fingerprint density at radius 3 is 2.79 bits per heavy atom. The maximum Gasteiger partial charge on any atom is 0.127 e. The van der Waals surface area contributed by atoms with Crippen molar-refractivity contribution < 1.29 is 14.6 Å². The van der Waals surface area contributed by atoms with Gasteiger partial charge in [0.2, 0.25) is 0 Å². The van der Waals surface area contributed by atoms with Crippen LogP contribution < -0.4 is 0 Å². The molecule has 1 aromatic rings. The number of aliphatic hydroxyl groups is 2. The van der Waals surface area contributed by atoms with E-state index in [0.29, 0.717) is 5.56 Å². The molecule has 0 aromatic heterocycles. The molecule has 3 heteroatoms. The van der Waals surface area contributed by atoms with Gasteiger partial charge in [-0.15, -0.1) is 6.42 Å². The highest BCUT2D eigenvalue weighted by Gasteiger charge is 2.11. The van der Waals surface area contributed by atoms with Gasteiger partial charge in [0.15, 0.2) is 0 Å². The SMILES string of the molecule is C#Cc1cccc(F)c1CC(O)CO. The minimum absolute atomic E-state index is 0.0305. The van der Waals surface area contributed by atoms with Crippen molar-refractivity contribution in [3.05, 3.63) is 35.1 Å². The van der Waals surface area contributed by atoms with Gasteiger partial charge in [-0.1, -0.05) is 12.0 Å². The van der Waals surface area contributed by atoms with E-state index in [1.807, 2.05) is 0 Å². The van der Waals surface area contributed by atoms with Gasteiger partial charge in [-0.05, 0) is 12.1 Å². The zero-order valence-corrected chi connectivity index (χ0v) is 7.57. The first-order valence-corrected chi connectivity index (χ1v) is 4.22. The summed E-state index contributed by atoms with van der Waals surface area (Å²) in [6.07, 6.45) is 4.23. The highest BCUT2D eigenvalue weighted by Crippen LogP contribution is 2.14. The van der Waals surface area contributed by atoms with Crippen LogP contribution in [0.2, 0.25) is 0 Å². The van der Waals surface area contributed by atoms with Crippen molar-refractivity contribution in [1.29, 1.82) is 0 Å². The van der Waals surface area contributed by atoms with Crippen molar-refractivity contribution in [2.45, 2.75) is 12.5 Å². The number of terminal acetylenes is 1. The van der Waals surface area contributed by atoms with Crippen LogP contribution in [-0.4, -0.2) is 22.9 Å². The summed E-state index contributed by atoms with van der Waals surface area (Å²) in [5.41, 5.74) is 0.689. The summed E-state index contributed by atoms with van der Waals surface area (Å²) in [5.74, 6) is 1.88. The van der Waals surface area contributed by atoms with Crippen LogP contribution in [0.15, 0.2) is 18.2 Å². The molecule has 74 valence electrons. The third kappa shape index (κ3) is 2.32. The third-order valence-corrected chi connectivity index (χ3v) is 1.92. The molecule has 1 unspecified atom stereocenters. The summed E-state index contributed by atoms with van der Waals surface area (Å²) in [5, 5.41) is 17.8. The molecule has 0 spiro atoms. The van der Waals surface area contributed by atoms with Crippen molar-refractivity contribution in [2.24, 2.45) is 0 Å². The van der Waals surface area contributed by atoms with Crippen LogP contribution in [0.25, 0.3) is 0 Å². The van der Waals surface area contributed by atoms with Gasteiger partial charge in [-0.2, -0.15) is 0 Å². The highest BCUT2D eigenvalue weighted by atomic mass is 19.1. The van der Waals surface area contributed by atoms with Crippen molar-refractivity contribution >= 4 is 0 Å². The molecule has 0 saturated heterocycles. The molecule has 0 fully saturated rings. The predicted octanol–water partition coefficient (Wildman–Crippen LogP) is 0.703. The Balaban J connectivity index is 3.00. The number of benzene rings is 1. The molecule has 0 amide bonds. The number of hydrogen-bond donors (Lipinski definition) is 2. The van der Waals surface area contributed by atoms with Crippen molar-refractivity contribution in [2.75, 3.05) is 6.61 Å². The fourth-order valence-corrected chi connectivity index (χ4v) is 1.20. The molecule has 1 atom stereocenters. The zero-order chi connectivity index (χ0) is 10.6. The van der Waals surface area contributed by atoms with Crippen LogP contribution in [0, 0.1) is 18.2 Å². The third-order valence-electron chi connectivity index (χ3n) is 1.92. The first-order chi connectivity index (χ1) is 6.69. The van der Waals surface area contributed by atoms with Crippen molar-refractivity contribution in [3.8, 4) is 12.3 Å². The standard InChI is InChI=1S/C11H11FO2/c1-2-8-4-3-5-11(12)10(8)6-9(14)7-13/h1,3-5,9,13-14H,6-7H2. The lowest BCUT2D eigenvalue weighted by atomic mass is 10.0. The molecule has 0 radical (unpaired) electrons. The molecule has 0 bridgehead atoms. The van der Waals surface area contributed by atoms with E-state index >= 15 is 0 Å². The molecule has 0 aliphatic heterocycles. The average Bonchev–Trinajstić information content (AvgIpc) is 2.20. The summed E-state index contributed by atoms with van der Waals surface area (Å²) in [6, 6.07) is 4.39. The topological polar surface area (TPSA) is 40.5 Å². The van der Waals surface area contributed by atoms with Gasteiger partial charge in [0.25, 0.3) is 0 Å². The highest BCUT2D eigenvalue weighted by molar-refractivity contribution is 5.40. The van der Waals surface area contributed by atoms with Gasteiger partial charge < -0.3 is 10.2 Å². The number of halogens is 1. The second-order valence-electron chi connectivity index (χ2n) is 2.95. The number of aliphatic hydroxyl groups excluding tert-OH is 2. The zero-order valence-electron chi connectivity index (χ0n) is 7.57. The van der Waals surface area contributed by atoms with E-state index in [1.165, 1.54) is 12.1 Å². The molecule has 0 aliphatic rings. The smallest absolute Gasteiger partial charge is 0.127 e. The second kappa shape index (κ2) is 4.75. The first-order valence-electron chi connectivity index (χ1n) is 4.22. The first kappa shape index (κ1) is 10.7. The molecule has 2 N–H and O–H groups in total. The van der Waals surface area contributed by atoms with Gasteiger partial charge in [0.1, 0.15) is 5.82 Å². The maximum absolute atomic E-state index is 13.2. The van der Waals surface area contributed by atoms with Crippen LogP contribution >= 0.6 is 0 Å². The predicted molar refractivity (Wildman–Crippen MR) is 51.1 cm³/mol. The van der Waals surface area contributed by atoms with E-state index in [1.54, 1.807) is 6.07 Å². The molecule has 0 saturated carbocycles. The Labute approximate surface area is 82.0 Å². The van der Waals surface area contributed by atoms with Crippen LogP contribution in [0.3, 0.4) is 0 Å². The Hall–Kier alpha value is -1.37. The Kier molecular flexibility index (Phi) is 3.63. The largest absolute Gasteiger partial charge is 0.394 e. The van der Waals surface area contributed by atoms with E-state index < -0.39 is 18.5 Å². The quantitative estimate of drug-likeness (QED) is 0.695. The number of hydrogen-bond acceptors (Lipinski definition) is 2. The van der Waals surface area contributed by atoms with Crippen molar-refractivity contribution in [1.82, 2.24) is 0 Å². The van der Waals surface area contributed by atoms with Gasteiger partial charge in [-0.3, -0.25) is 0 Å². The van der Waals surface area contributed by atoms with Gasteiger partial charge in [-0.25, -0.2) is 4.39 Å². The molecule has 1 rings (SSSR count). The lowest BCUT2D eigenvalue weighted by molar-refractivity contribution is 0.0947. The summed E-state index contributed by atoms with van der Waals surface area (Å²) < 4.78 is 13.2. The molecule has 0 aliphatic carbocycles. The van der Waals surface area contributed by atoms with E-state index in [9.17, 15) is 9.50 Å². The van der Waals surface area contributed by atoms with Crippen LogP contribution in [0.5, 0.6) is 0 Å². The Morgan fingerprint density at radius 2 is 2.21 bits per heavy atom. The van der Waals surface area contributed by atoms with E-state index in [-0.39, 0.29) is 12.0 Å². The summed E-state index contributed by atoms with van der Waals surface area (Å²) >= 11 is 0. The van der Waals surface area contributed by atoms with E-state index in [2.05, 4.69) is 5.92 Å². The second-order valence-corrected chi connectivity index (χ2v) is 2.95. The van der Waals surface area contributed by atoms with Crippen LogP contribution in [0.4, 0.5) is 4.39 Å². The lowest BCUT2D eigenvalue weighted by Gasteiger charge is -2.09. The fraction of sp³-hybridized carbons (Fsp3) is 0.273. The van der Waals surface area contributed by atoms with Gasteiger partial charge in [0.05, 0.1) is 12.7 Å². The molecule has 14 heavy (non-hydrogen) atoms. The molecule has 1 aromatic carbocycles. The van der Waals surface area contributed by atoms with Crippen molar-refractivity contribution in [3.63, 3.8) is 0 Å². The Morgan fingerprint density at radius 1 is 1.50 bits per heavy atom. The van der Waals surface area contributed by atoms with E-state index in [4.69, 9.17) is 11.5 Å². The molecular weight excluding hydrogens is 183 g/mol. The lowest BCUT2D eigenvalue weighted by Crippen LogP contribution is -2.16. The monoisotopic (exact) mass is 194 g/mol. The molecular formula is C11H11FO2. The van der Waals surface area contributed by atoms with Crippen LogP contribution in [-0.2, 0) is 6.42 Å². The van der Waals surface area contributed by atoms with Crippen LogP contribution in [0.1, 0.15) is 11.1 Å². The maximum atomic E-state index is 13.2. The summed E-state index contributed by atoms with van der Waals surface area (Å²) in [6.45, 7) is -0.404. The van der Waals surface area contributed by atoms with Gasteiger partial charge >= 0.3 is 0 Å². The fourth-order valence-electron chi connectivity index (χ4n) is 1.20. The van der Waals surface area contributed by atoms with E-state index in [0.717, 1.165) is 0 Å². The molecule has 2 nitrogen and oxygen atoms in total. The summed E-state index contributed by atoms with van der Waals surface area (Å²) in [7, 11) is 0. The average molecular weight is 194 g/mol. The minimum Gasteiger partial charge on any atom is -0.394 e. The summed E-state index contributed by atoms with van der Waals surface area (Å²) in [4.78, 5) is 0. The Bertz CT molecular complexity index is 355. The normalized spacial score (nSPS) is 12.1. The molecule has 0 heterocycles. The minimum atomic E-state index is -0.973.